The zero-order valence-electron chi connectivity index (χ0n) is 13.6. The van der Waals surface area contributed by atoms with Gasteiger partial charge in [-0.1, -0.05) is 0 Å². The number of rotatable bonds is 4. The lowest BCUT2D eigenvalue weighted by molar-refractivity contribution is -0.127. The highest BCUT2D eigenvalue weighted by Gasteiger charge is 2.51. The molecule has 0 aromatic carbocycles. The van der Waals surface area contributed by atoms with Crippen molar-refractivity contribution in [1.29, 1.82) is 0 Å². The standard InChI is InChI=1S/C18H30N2O.ClH/c21-17(2-1-13-3-5-19-6-4-13)20-18-10-14-7-15(11-18)9-16(8-14)12-18;/h13-16,19H,1-12H2,(H,20,21);1H. The van der Waals surface area contributed by atoms with Crippen LogP contribution in [0.1, 0.15) is 64.2 Å². The highest BCUT2D eigenvalue weighted by Crippen LogP contribution is 2.55. The van der Waals surface area contributed by atoms with Crippen LogP contribution in [0.3, 0.4) is 0 Å². The van der Waals surface area contributed by atoms with Gasteiger partial charge in [0.2, 0.25) is 5.91 Å². The molecule has 5 rings (SSSR count). The summed E-state index contributed by atoms with van der Waals surface area (Å²) in [5.74, 6) is 3.87. The van der Waals surface area contributed by atoms with Crippen molar-refractivity contribution in [3.8, 4) is 0 Å². The molecule has 4 aliphatic carbocycles. The molecular formula is C18H31ClN2O. The molecule has 1 aliphatic heterocycles. The van der Waals surface area contributed by atoms with Crippen LogP contribution < -0.4 is 10.6 Å². The molecule has 5 fully saturated rings. The summed E-state index contributed by atoms with van der Waals surface area (Å²) in [5, 5.41) is 6.91. The maximum Gasteiger partial charge on any atom is 0.220 e. The van der Waals surface area contributed by atoms with Crippen LogP contribution in [0.2, 0.25) is 0 Å². The fraction of sp³-hybridized carbons (Fsp3) is 0.944. The minimum atomic E-state index is 0. The van der Waals surface area contributed by atoms with Gasteiger partial charge >= 0.3 is 0 Å². The van der Waals surface area contributed by atoms with Crippen LogP contribution in [-0.2, 0) is 4.79 Å². The second-order valence-electron chi connectivity index (χ2n) is 8.48. The third-order valence-electron chi connectivity index (χ3n) is 6.68. The Bertz CT molecular complexity index is 371. The van der Waals surface area contributed by atoms with E-state index >= 15 is 0 Å². The molecule has 4 saturated carbocycles. The first-order valence-electron chi connectivity index (χ1n) is 9.22. The molecule has 3 nitrogen and oxygen atoms in total. The number of hydrogen-bond donors (Lipinski definition) is 2. The van der Waals surface area contributed by atoms with Crippen LogP contribution >= 0.6 is 12.4 Å². The maximum absolute atomic E-state index is 12.4. The molecule has 22 heavy (non-hydrogen) atoms. The van der Waals surface area contributed by atoms with Crippen LogP contribution in [0.4, 0.5) is 0 Å². The number of amides is 1. The summed E-state index contributed by atoms with van der Waals surface area (Å²) in [7, 11) is 0. The normalized spacial score (nSPS) is 40.3. The summed E-state index contributed by atoms with van der Waals surface area (Å²) in [6.07, 6.45) is 12.5. The number of carbonyl (C=O) groups is 1. The molecule has 0 aromatic heterocycles. The van der Waals surface area contributed by atoms with E-state index in [1.165, 1.54) is 51.4 Å². The van der Waals surface area contributed by atoms with Crippen molar-refractivity contribution in [1.82, 2.24) is 10.6 Å². The Morgan fingerprint density at radius 1 is 1.00 bits per heavy atom. The summed E-state index contributed by atoms with van der Waals surface area (Å²) in [6, 6.07) is 0. The van der Waals surface area contributed by atoms with Crippen molar-refractivity contribution in [2.24, 2.45) is 23.7 Å². The van der Waals surface area contributed by atoms with Gasteiger partial charge in [0, 0.05) is 12.0 Å². The predicted molar refractivity (Wildman–Crippen MR) is 91.1 cm³/mol. The summed E-state index contributed by atoms with van der Waals surface area (Å²) >= 11 is 0. The minimum Gasteiger partial charge on any atom is -0.351 e. The molecule has 4 heteroatoms. The molecule has 1 saturated heterocycles. The van der Waals surface area contributed by atoms with E-state index < -0.39 is 0 Å². The number of halogens is 1. The Labute approximate surface area is 140 Å². The minimum absolute atomic E-state index is 0. The fourth-order valence-corrected chi connectivity index (χ4v) is 6.13. The van der Waals surface area contributed by atoms with Crippen molar-refractivity contribution in [2.45, 2.75) is 69.7 Å². The SMILES string of the molecule is Cl.O=C(CCC1CCNCC1)NC12CC3CC(CC(C3)C1)C2. The van der Waals surface area contributed by atoms with Crippen molar-refractivity contribution in [3.63, 3.8) is 0 Å². The zero-order chi connectivity index (χ0) is 14.3. The highest BCUT2D eigenvalue weighted by molar-refractivity contribution is 5.85. The summed E-state index contributed by atoms with van der Waals surface area (Å²) in [5.41, 5.74) is 0.208. The van der Waals surface area contributed by atoms with Gasteiger partial charge in [-0.3, -0.25) is 4.79 Å². The smallest absolute Gasteiger partial charge is 0.220 e. The molecule has 126 valence electrons. The Morgan fingerprint density at radius 2 is 1.55 bits per heavy atom. The Morgan fingerprint density at radius 3 is 2.09 bits per heavy atom. The van der Waals surface area contributed by atoms with Gasteiger partial charge in [0.15, 0.2) is 0 Å². The molecule has 0 atom stereocenters. The number of carbonyl (C=O) groups excluding carboxylic acids is 1. The molecule has 0 spiro atoms. The lowest BCUT2D eigenvalue weighted by Gasteiger charge is -2.57. The van der Waals surface area contributed by atoms with Crippen LogP contribution in [0, 0.1) is 23.7 Å². The second kappa shape index (κ2) is 6.68. The van der Waals surface area contributed by atoms with Crippen LogP contribution in [0.5, 0.6) is 0 Å². The number of nitrogens with one attached hydrogen (secondary N) is 2. The topological polar surface area (TPSA) is 41.1 Å². The van der Waals surface area contributed by atoms with Crippen molar-refractivity contribution < 1.29 is 4.79 Å². The first kappa shape index (κ1) is 16.6. The van der Waals surface area contributed by atoms with Gasteiger partial charge in [-0.2, -0.15) is 0 Å². The third-order valence-corrected chi connectivity index (χ3v) is 6.68. The average Bonchev–Trinajstić information content (AvgIpc) is 2.44. The third kappa shape index (κ3) is 3.46. The van der Waals surface area contributed by atoms with E-state index in [9.17, 15) is 4.79 Å². The van der Waals surface area contributed by atoms with Crippen LogP contribution in [-0.4, -0.2) is 24.5 Å². The number of piperidine rings is 1. The molecule has 4 bridgehead atoms. The molecule has 1 heterocycles. The lowest BCUT2D eigenvalue weighted by atomic mass is 9.53. The summed E-state index contributed by atoms with van der Waals surface area (Å²) < 4.78 is 0. The average molecular weight is 327 g/mol. The molecular weight excluding hydrogens is 296 g/mol. The Balaban J connectivity index is 0.00000144. The quantitative estimate of drug-likeness (QED) is 0.832. The fourth-order valence-electron chi connectivity index (χ4n) is 6.13. The zero-order valence-corrected chi connectivity index (χ0v) is 14.4. The Kier molecular flexibility index (Phi) is 5.04. The van der Waals surface area contributed by atoms with E-state index in [1.807, 2.05) is 0 Å². The van der Waals surface area contributed by atoms with E-state index in [0.717, 1.165) is 49.6 Å². The first-order valence-corrected chi connectivity index (χ1v) is 9.22. The molecule has 0 aromatic rings. The van der Waals surface area contributed by atoms with Crippen molar-refractivity contribution >= 4 is 18.3 Å². The highest BCUT2D eigenvalue weighted by atomic mass is 35.5. The van der Waals surface area contributed by atoms with E-state index in [2.05, 4.69) is 10.6 Å². The van der Waals surface area contributed by atoms with E-state index in [-0.39, 0.29) is 17.9 Å². The molecule has 1 amide bonds. The van der Waals surface area contributed by atoms with Gasteiger partial charge in [-0.25, -0.2) is 0 Å². The van der Waals surface area contributed by atoms with E-state index in [0.29, 0.717) is 5.91 Å². The Hall–Kier alpha value is -0.280. The summed E-state index contributed by atoms with van der Waals surface area (Å²) in [4.78, 5) is 12.4. The van der Waals surface area contributed by atoms with Crippen LogP contribution in [0.15, 0.2) is 0 Å². The van der Waals surface area contributed by atoms with Gasteiger partial charge in [-0.15, -0.1) is 12.4 Å². The van der Waals surface area contributed by atoms with E-state index in [1.54, 1.807) is 0 Å². The predicted octanol–water partition coefficient (Wildman–Crippen LogP) is 3.27. The second-order valence-corrected chi connectivity index (χ2v) is 8.48. The first-order chi connectivity index (χ1) is 10.2. The van der Waals surface area contributed by atoms with Gasteiger partial charge in [-0.05, 0) is 94.5 Å². The molecule has 5 aliphatic rings. The summed E-state index contributed by atoms with van der Waals surface area (Å²) in [6.45, 7) is 2.28. The molecule has 2 N–H and O–H groups in total. The molecule has 0 unspecified atom stereocenters. The largest absolute Gasteiger partial charge is 0.351 e. The van der Waals surface area contributed by atoms with E-state index in [4.69, 9.17) is 0 Å². The van der Waals surface area contributed by atoms with Crippen molar-refractivity contribution in [2.75, 3.05) is 13.1 Å². The van der Waals surface area contributed by atoms with Crippen LogP contribution in [0.25, 0.3) is 0 Å². The van der Waals surface area contributed by atoms with Crippen molar-refractivity contribution in [3.05, 3.63) is 0 Å². The maximum atomic E-state index is 12.4. The van der Waals surface area contributed by atoms with Gasteiger partial charge in [0.1, 0.15) is 0 Å². The van der Waals surface area contributed by atoms with Gasteiger partial charge < -0.3 is 10.6 Å². The monoisotopic (exact) mass is 326 g/mol. The lowest BCUT2D eigenvalue weighted by Crippen LogP contribution is -2.59. The molecule has 0 radical (unpaired) electrons. The van der Waals surface area contributed by atoms with Gasteiger partial charge in [0.25, 0.3) is 0 Å². The number of hydrogen-bond acceptors (Lipinski definition) is 2. The van der Waals surface area contributed by atoms with Gasteiger partial charge in [0.05, 0.1) is 0 Å².